The van der Waals surface area contributed by atoms with E-state index in [0.29, 0.717) is 12.2 Å². The van der Waals surface area contributed by atoms with Gasteiger partial charge in [-0.05, 0) is 57.0 Å². The molecule has 1 saturated heterocycles. The van der Waals surface area contributed by atoms with Crippen LogP contribution in [0, 0.1) is 5.92 Å². The maximum atomic E-state index is 12.8. The van der Waals surface area contributed by atoms with Gasteiger partial charge in [0.2, 0.25) is 15.9 Å². The van der Waals surface area contributed by atoms with Gasteiger partial charge in [0.15, 0.2) is 0 Å². The summed E-state index contributed by atoms with van der Waals surface area (Å²) >= 11 is 0. The van der Waals surface area contributed by atoms with E-state index < -0.39 is 15.9 Å². The predicted molar refractivity (Wildman–Crippen MR) is 111 cm³/mol. The molecule has 1 heterocycles. The summed E-state index contributed by atoms with van der Waals surface area (Å²) in [7, 11) is -3.55. The molecule has 0 spiro atoms. The highest BCUT2D eigenvalue weighted by Crippen LogP contribution is 2.22. The number of rotatable bonds is 7. The van der Waals surface area contributed by atoms with Crippen LogP contribution in [0.1, 0.15) is 44.0 Å². The zero-order valence-corrected chi connectivity index (χ0v) is 17.7. The van der Waals surface area contributed by atoms with Gasteiger partial charge >= 0.3 is 0 Å². The normalized spacial score (nSPS) is 17.0. The summed E-state index contributed by atoms with van der Waals surface area (Å²) in [6, 6.07) is 4.67. The minimum Gasteiger partial charge on any atom is -0.350 e. The zero-order chi connectivity index (χ0) is 20.9. The average Bonchev–Trinajstić information content (AvgIpc) is 2.59. The van der Waals surface area contributed by atoms with E-state index in [9.17, 15) is 18.0 Å². The SMILES string of the molecule is CC(=O)Nc1ccc(NS(C)(=O)=O)c(C(=O)NCC(C)N2CCC(C)CC2)c1. The van der Waals surface area contributed by atoms with Gasteiger partial charge in [-0.25, -0.2) is 8.42 Å². The van der Waals surface area contributed by atoms with Crippen molar-refractivity contribution in [1.82, 2.24) is 10.2 Å². The van der Waals surface area contributed by atoms with Crippen LogP contribution in [0.2, 0.25) is 0 Å². The van der Waals surface area contributed by atoms with Crippen molar-refractivity contribution in [2.45, 2.75) is 39.7 Å². The van der Waals surface area contributed by atoms with E-state index in [4.69, 9.17) is 0 Å². The first-order chi connectivity index (χ1) is 13.0. The molecule has 3 N–H and O–H groups in total. The Hall–Kier alpha value is -2.13. The van der Waals surface area contributed by atoms with E-state index in [1.807, 2.05) is 0 Å². The first kappa shape index (κ1) is 22.2. The van der Waals surface area contributed by atoms with Crippen molar-refractivity contribution in [2.24, 2.45) is 5.92 Å². The Morgan fingerprint density at radius 1 is 1.25 bits per heavy atom. The van der Waals surface area contributed by atoms with Gasteiger partial charge in [-0.1, -0.05) is 6.92 Å². The van der Waals surface area contributed by atoms with Gasteiger partial charge < -0.3 is 10.6 Å². The highest BCUT2D eigenvalue weighted by Gasteiger charge is 2.22. The third kappa shape index (κ3) is 6.79. The fraction of sp³-hybridized carbons (Fsp3) is 0.579. The molecule has 1 atom stereocenters. The maximum absolute atomic E-state index is 12.8. The van der Waals surface area contributed by atoms with Gasteiger partial charge in [-0.2, -0.15) is 0 Å². The number of likely N-dealkylation sites (tertiary alicyclic amines) is 1. The minimum absolute atomic E-state index is 0.163. The minimum atomic E-state index is -3.55. The second-order valence-electron chi connectivity index (χ2n) is 7.59. The number of nitrogens with one attached hydrogen (secondary N) is 3. The summed E-state index contributed by atoms with van der Waals surface area (Å²) in [5.41, 5.74) is 0.763. The molecule has 9 heteroatoms. The molecule has 0 bridgehead atoms. The molecule has 1 aliphatic rings. The summed E-state index contributed by atoms with van der Waals surface area (Å²) in [6.45, 7) is 8.16. The Morgan fingerprint density at radius 2 is 1.89 bits per heavy atom. The molecular weight excluding hydrogens is 380 g/mol. The smallest absolute Gasteiger partial charge is 0.253 e. The van der Waals surface area contributed by atoms with E-state index in [1.165, 1.54) is 19.1 Å². The standard InChI is InChI=1S/C19H30N4O4S/c1-13-7-9-23(10-8-13)14(2)12-20-19(25)17-11-16(21-15(3)24)5-6-18(17)22-28(4,26)27/h5-6,11,13-14,22H,7-10,12H2,1-4H3,(H,20,25)(H,21,24). The summed E-state index contributed by atoms with van der Waals surface area (Å²) in [6.07, 6.45) is 3.33. The molecule has 0 saturated carbocycles. The summed E-state index contributed by atoms with van der Waals surface area (Å²) < 4.78 is 25.6. The Morgan fingerprint density at radius 3 is 2.46 bits per heavy atom. The van der Waals surface area contributed by atoms with Crippen molar-refractivity contribution >= 4 is 33.2 Å². The fourth-order valence-corrected chi connectivity index (χ4v) is 3.81. The number of sulfonamides is 1. The zero-order valence-electron chi connectivity index (χ0n) is 16.9. The lowest BCUT2D eigenvalue weighted by Gasteiger charge is -2.35. The number of carbonyl (C=O) groups is 2. The highest BCUT2D eigenvalue weighted by molar-refractivity contribution is 7.92. The lowest BCUT2D eigenvalue weighted by molar-refractivity contribution is -0.114. The van der Waals surface area contributed by atoms with E-state index in [-0.39, 0.29) is 23.2 Å². The molecule has 1 fully saturated rings. The summed E-state index contributed by atoms with van der Waals surface area (Å²) in [5, 5.41) is 5.49. The first-order valence-corrected chi connectivity index (χ1v) is 11.4. The molecule has 28 heavy (non-hydrogen) atoms. The van der Waals surface area contributed by atoms with Gasteiger partial charge in [0.25, 0.3) is 5.91 Å². The number of anilines is 2. The Kier molecular flexibility index (Phi) is 7.42. The topological polar surface area (TPSA) is 108 Å². The first-order valence-electron chi connectivity index (χ1n) is 9.47. The van der Waals surface area contributed by atoms with Crippen molar-refractivity contribution in [1.29, 1.82) is 0 Å². The van der Waals surface area contributed by atoms with E-state index in [0.717, 1.165) is 38.1 Å². The van der Waals surface area contributed by atoms with Crippen LogP contribution in [-0.4, -0.2) is 57.1 Å². The average molecular weight is 411 g/mol. The van der Waals surface area contributed by atoms with Crippen molar-refractivity contribution in [3.63, 3.8) is 0 Å². The van der Waals surface area contributed by atoms with E-state index >= 15 is 0 Å². The second-order valence-corrected chi connectivity index (χ2v) is 9.34. The van der Waals surface area contributed by atoms with Crippen LogP contribution in [0.25, 0.3) is 0 Å². The number of carbonyl (C=O) groups excluding carboxylic acids is 2. The number of amides is 2. The van der Waals surface area contributed by atoms with Crippen LogP contribution >= 0.6 is 0 Å². The van der Waals surface area contributed by atoms with Crippen molar-refractivity contribution in [3.05, 3.63) is 23.8 Å². The molecular formula is C19H30N4O4S. The monoisotopic (exact) mass is 410 g/mol. The molecule has 2 amide bonds. The molecule has 0 aliphatic carbocycles. The Labute approximate surface area is 167 Å². The lowest BCUT2D eigenvalue weighted by atomic mass is 9.98. The fourth-order valence-electron chi connectivity index (χ4n) is 3.24. The molecule has 0 radical (unpaired) electrons. The molecule has 1 aliphatic heterocycles. The number of hydrogen-bond donors (Lipinski definition) is 3. The Balaban J connectivity index is 2.11. The second kappa shape index (κ2) is 9.38. The summed E-state index contributed by atoms with van der Waals surface area (Å²) in [4.78, 5) is 26.4. The van der Waals surface area contributed by atoms with Crippen LogP contribution in [-0.2, 0) is 14.8 Å². The van der Waals surface area contributed by atoms with E-state index in [1.54, 1.807) is 6.07 Å². The number of hydrogen-bond acceptors (Lipinski definition) is 5. The maximum Gasteiger partial charge on any atom is 0.253 e. The third-order valence-corrected chi connectivity index (χ3v) is 5.47. The van der Waals surface area contributed by atoms with Crippen LogP contribution in [0.3, 0.4) is 0 Å². The molecule has 8 nitrogen and oxygen atoms in total. The van der Waals surface area contributed by atoms with Gasteiger partial charge in [-0.15, -0.1) is 0 Å². The van der Waals surface area contributed by atoms with Gasteiger partial charge in [0.05, 0.1) is 17.5 Å². The number of benzene rings is 1. The number of nitrogens with zero attached hydrogens (tertiary/aromatic N) is 1. The third-order valence-electron chi connectivity index (χ3n) is 4.88. The van der Waals surface area contributed by atoms with Crippen molar-refractivity contribution < 1.29 is 18.0 Å². The quantitative estimate of drug-likeness (QED) is 0.636. The van der Waals surface area contributed by atoms with Crippen LogP contribution in [0.15, 0.2) is 18.2 Å². The van der Waals surface area contributed by atoms with Gasteiger partial charge in [0.1, 0.15) is 0 Å². The number of piperidine rings is 1. The lowest BCUT2D eigenvalue weighted by Crippen LogP contribution is -2.45. The van der Waals surface area contributed by atoms with Crippen LogP contribution in [0.5, 0.6) is 0 Å². The predicted octanol–water partition coefficient (Wildman–Crippen LogP) is 1.87. The molecule has 1 unspecified atom stereocenters. The largest absolute Gasteiger partial charge is 0.350 e. The van der Waals surface area contributed by atoms with E-state index in [2.05, 4.69) is 34.1 Å². The van der Waals surface area contributed by atoms with Crippen LogP contribution < -0.4 is 15.4 Å². The molecule has 156 valence electrons. The Bertz CT molecular complexity index is 817. The van der Waals surface area contributed by atoms with Crippen molar-refractivity contribution in [2.75, 3.05) is 35.9 Å². The molecule has 2 rings (SSSR count). The molecule has 0 aromatic heterocycles. The van der Waals surface area contributed by atoms with Gasteiger partial charge in [0, 0.05) is 25.2 Å². The summed E-state index contributed by atoms with van der Waals surface area (Å²) in [5.74, 6) is 0.0675. The highest BCUT2D eigenvalue weighted by atomic mass is 32.2. The van der Waals surface area contributed by atoms with Gasteiger partial charge in [-0.3, -0.25) is 19.2 Å². The molecule has 1 aromatic rings. The van der Waals surface area contributed by atoms with Crippen molar-refractivity contribution in [3.8, 4) is 0 Å². The van der Waals surface area contributed by atoms with Crippen LogP contribution in [0.4, 0.5) is 11.4 Å². The molecule has 1 aromatic carbocycles.